The van der Waals surface area contributed by atoms with E-state index in [1.165, 1.54) is 25.2 Å². The summed E-state index contributed by atoms with van der Waals surface area (Å²) in [6, 6.07) is 6.81. The number of thiophene rings is 1. The van der Waals surface area contributed by atoms with Crippen LogP contribution < -0.4 is 5.32 Å². The number of carbonyl (C=O) groups excluding carboxylic acids is 1. The maximum Gasteiger partial charge on any atom is 0.435 e. The van der Waals surface area contributed by atoms with E-state index in [0.717, 1.165) is 16.8 Å². The zero-order chi connectivity index (χ0) is 20.6. The Morgan fingerprint density at radius 3 is 2.54 bits per heavy atom. The van der Waals surface area contributed by atoms with Crippen molar-refractivity contribution in [2.24, 2.45) is 7.05 Å². The molecule has 0 aliphatic heterocycles. The third kappa shape index (κ3) is 3.71. The highest BCUT2D eigenvalue weighted by Gasteiger charge is 2.36. The Balaban J connectivity index is 2.00. The van der Waals surface area contributed by atoms with Gasteiger partial charge in [-0.2, -0.15) is 18.3 Å². The van der Waals surface area contributed by atoms with E-state index in [0.29, 0.717) is 17.4 Å². The van der Waals surface area contributed by atoms with Crippen molar-refractivity contribution in [1.29, 1.82) is 0 Å². The van der Waals surface area contributed by atoms with Crippen LogP contribution in [0.4, 0.5) is 28.3 Å². The first-order chi connectivity index (χ1) is 13.1. The lowest BCUT2D eigenvalue weighted by Gasteiger charge is -2.03. The molecule has 0 aliphatic carbocycles. The molecule has 1 N–H and O–H groups in total. The first kappa shape index (κ1) is 19.5. The number of nitrogens with zero attached hydrogens (tertiary/aromatic N) is 3. The molecule has 0 unspecified atom stereocenters. The molecule has 0 atom stereocenters. The second-order valence-electron chi connectivity index (χ2n) is 5.55. The van der Waals surface area contributed by atoms with Gasteiger partial charge in [-0.25, -0.2) is 4.39 Å². The highest BCUT2D eigenvalue weighted by Crippen LogP contribution is 2.42. The van der Waals surface area contributed by atoms with Crippen LogP contribution in [-0.4, -0.2) is 20.6 Å². The van der Waals surface area contributed by atoms with Crippen molar-refractivity contribution < 1.29 is 27.3 Å². The van der Waals surface area contributed by atoms with Gasteiger partial charge in [0, 0.05) is 7.05 Å². The number of halogens is 4. The van der Waals surface area contributed by atoms with E-state index >= 15 is 0 Å². The molecule has 28 heavy (non-hydrogen) atoms. The van der Waals surface area contributed by atoms with Crippen molar-refractivity contribution >= 4 is 27.9 Å². The van der Waals surface area contributed by atoms with E-state index in [4.69, 9.17) is 0 Å². The lowest BCUT2D eigenvalue weighted by Crippen LogP contribution is -2.12. The largest absolute Gasteiger partial charge is 0.435 e. The smallest absolute Gasteiger partial charge is 0.313 e. The Kier molecular flexibility index (Phi) is 4.89. The van der Waals surface area contributed by atoms with Crippen LogP contribution in [0.2, 0.25) is 0 Å². The summed E-state index contributed by atoms with van der Waals surface area (Å²) in [5.74, 6) is -1.63. The van der Waals surface area contributed by atoms with Crippen LogP contribution in [0, 0.1) is 15.9 Å². The number of anilines is 1. The summed E-state index contributed by atoms with van der Waals surface area (Å²) in [4.78, 5) is 22.6. The van der Waals surface area contributed by atoms with E-state index in [9.17, 15) is 32.5 Å². The van der Waals surface area contributed by atoms with Crippen molar-refractivity contribution in [3.63, 3.8) is 0 Å². The molecule has 3 aromatic rings. The molecule has 0 radical (unpaired) electrons. The molecular formula is C16H10F4N4O3S. The molecule has 12 heteroatoms. The molecule has 7 nitrogen and oxygen atoms in total. The normalized spacial score (nSPS) is 11.5. The van der Waals surface area contributed by atoms with Gasteiger partial charge in [-0.05, 0) is 18.2 Å². The molecule has 0 spiro atoms. The number of nitrogens with one attached hydrogen (secondary N) is 1. The van der Waals surface area contributed by atoms with Gasteiger partial charge in [0.05, 0.1) is 22.2 Å². The van der Waals surface area contributed by atoms with E-state index in [-0.39, 0.29) is 21.1 Å². The number of hydrogen-bond donors (Lipinski definition) is 1. The van der Waals surface area contributed by atoms with Gasteiger partial charge in [-0.1, -0.05) is 12.1 Å². The Morgan fingerprint density at radius 2 is 1.96 bits per heavy atom. The number of benzene rings is 1. The predicted molar refractivity (Wildman–Crippen MR) is 92.5 cm³/mol. The van der Waals surface area contributed by atoms with Crippen molar-refractivity contribution in [2.45, 2.75) is 6.18 Å². The topological polar surface area (TPSA) is 90.1 Å². The highest BCUT2D eigenvalue weighted by molar-refractivity contribution is 7.20. The third-order valence-corrected chi connectivity index (χ3v) is 4.73. The summed E-state index contributed by atoms with van der Waals surface area (Å²) >= 11 is 0.684. The van der Waals surface area contributed by atoms with E-state index in [2.05, 4.69) is 10.4 Å². The van der Waals surface area contributed by atoms with Crippen LogP contribution in [0.1, 0.15) is 16.1 Å². The standard InChI is InChI=1S/C16H10F4N4O3S/c1-23-10(6-12(22-23)16(18,19)20)14-11(24(26)27)7-13(28-14)21-15(25)8-4-2-3-5-9(8)17/h2-7H,1H3,(H,21,25). The lowest BCUT2D eigenvalue weighted by molar-refractivity contribution is -0.383. The van der Waals surface area contributed by atoms with E-state index in [1.54, 1.807) is 0 Å². The highest BCUT2D eigenvalue weighted by atomic mass is 32.1. The van der Waals surface area contributed by atoms with Gasteiger partial charge in [0.1, 0.15) is 15.7 Å². The number of carbonyl (C=O) groups is 1. The van der Waals surface area contributed by atoms with Gasteiger partial charge >= 0.3 is 6.18 Å². The second-order valence-corrected chi connectivity index (χ2v) is 6.60. The average molecular weight is 414 g/mol. The van der Waals surface area contributed by atoms with Crippen LogP contribution in [0.5, 0.6) is 0 Å². The Bertz CT molecular complexity index is 1070. The maximum atomic E-state index is 13.7. The summed E-state index contributed by atoms with van der Waals surface area (Å²) in [5, 5.41) is 16.9. The Morgan fingerprint density at radius 1 is 1.29 bits per heavy atom. The second kappa shape index (κ2) is 7.03. The van der Waals surface area contributed by atoms with E-state index in [1.807, 2.05) is 0 Å². The Labute approximate surface area is 158 Å². The molecule has 3 rings (SSSR count). The summed E-state index contributed by atoms with van der Waals surface area (Å²) in [5.41, 5.74) is -2.13. The van der Waals surface area contributed by atoms with Crippen LogP contribution in [-0.2, 0) is 13.2 Å². The fourth-order valence-corrected chi connectivity index (χ4v) is 3.47. The fourth-order valence-electron chi connectivity index (χ4n) is 2.41. The minimum absolute atomic E-state index is 0.0234. The summed E-state index contributed by atoms with van der Waals surface area (Å²) in [7, 11) is 1.21. The summed E-state index contributed by atoms with van der Waals surface area (Å²) in [6.45, 7) is 0. The quantitative estimate of drug-likeness (QED) is 0.388. The van der Waals surface area contributed by atoms with Crippen molar-refractivity contribution in [3.05, 3.63) is 63.6 Å². The number of alkyl halides is 3. The number of nitro groups is 1. The van der Waals surface area contributed by atoms with Gasteiger partial charge in [-0.15, -0.1) is 11.3 Å². The molecule has 1 amide bonds. The summed E-state index contributed by atoms with van der Waals surface area (Å²) in [6.07, 6.45) is -4.72. The number of hydrogen-bond acceptors (Lipinski definition) is 5. The van der Waals surface area contributed by atoms with Gasteiger partial charge < -0.3 is 5.32 Å². The molecule has 146 valence electrons. The van der Waals surface area contributed by atoms with Crippen LogP contribution in [0.25, 0.3) is 10.6 Å². The third-order valence-electron chi connectivity index (χ3n) is 3.67. The Hall–Kier alpha value is -3.28. The van der Waals surface area contributed by atoms with Gasteiger partial charge in [0.15, 0.2) is 5.69 Å². The molecule has 2 aromatic heterocycles. The average Bonchev–Trinajstić information content (AvgIpc) is 3.18. The number of amides is 1. The van der Waals surface area contributed by atoms with Crippen LogP contribution in [0.15, 0.2) is 36.4 Å². The molecule has 0 aliphatic rings. The fraction of sp³-hybridized carbons (Fsp3) is 0.125. The molecule has 0 bridgehead atoms. The monoisotopic (exact) mass is 414 g/mol. The summed E-state index contributed by atoms with van der Waals surface area (Å²) < 4.78 is 53.1. The first-order valence-electron chi connectivity index (χ1n) is 7.53. The van der Waals surface area contributed by atoms with Crippen LogP contribution in [0.3, 0.4) is 0 Å². The SMILES string of the molecule is Cn1nc(C(F)(F)F)cc1-c1sc(NC(=O)c2ccccc2F)cc1[N+](=O)[O-]. The number of aryl methyl sites for hydroxylation is 1. The van der Waals surface area contributed by atoms with E-state index < -0.39 is 34.2 Å². The molecule has 0 saturated carbocycles. The van der Waals surface area contributed by atoms with Gasteiger partial charge in [0.2, 0.25) is 0 Å². The molecule has 0 fully saturated rings. The van der Waals surface area contributed by atoms with Gasteiger partial charge in [0.25, 0.3) is 11.6 Å². The lowest BCUT2D eigenvalue weighted by atomic mass is 10.2. The van der Waals surface area contributed by atoms with Crippen LogP contribution >= 0.6 is 11.3 Å². The van der Waals surface area contributed by atoms with Crippen molar-refractivity contribution in [1.82, 2.24) is 9.78 Å². The number of aromatic nitrogens is 2. The number of rotatable bonds is 4. The maximum absolute atomic E-state index is 13.7. The minimum Gasteiger partial charge on any atom is -0.313 e. The van der Waals surface area contributed by atoms with Gasteiger partial charge in [-0.3, -0.25) is 19.6 Å². The zero-order valence-electron chi connectivity index (χ0n) is 14.0. The molecule has 2 heterocycles. The molecule has 1 aromatic carbocycles. The molecule has 0 saturated heterocycles. The minimum atomic E-state index is -4.72. The zero-order valence-corrected chi connectivity index (χ0v) is 14.8. The first-order valence-corrected chi connectivity index (χ1v) is 8.35. The molecular weight excluding hydrogens is 404 g/mol. The van der Waals surface area contributed by atoms with Crippen molar-refractivity contribution in [2.75, 3.05) is 5.32 Å². The predicted octanol–water partition coefficient (Wildman–Crippen LogP) is 4.47. The van der Waals surface area contributed by atoms with Crippen molar-refractivity contribution in [3.8, 4) is 10.6 Å².